The van der Waals surface area contributed by atoms with Crippen LogP contribution in [0.4, 0.5) is 0 Å². The molecule has 1 saturated heterocycles. The van der Waals surface area contributed by atoms with E-state index in [4.69, 9.17) is 18.4 Å². The molecule has 0 saturated carbocycles. The van der Waals surface area contributed by atoms with Gasteiger partial charge in [-0.15, -0.1) is 0 Å². The van der Waals surface area contributed by atoms with Crippen LogP contribution in [0.5, 0.6) is 17.2 Å². The van der Waals surface area contributed by atoms with Crippen LogP contribution in [-0.2, 0) is 21.4 Å². The largest absolute Gasteiger partial charge is 0.497 e. The smallest absolute Gasteiger partial charge is 0.306 e. The Balaban J connectivity index is 1.67. The third-order valence-electron chi connectivity index (χ3n) is 4.54. The van der Waals surface area contributed by atoms with Gasteiger partial charge in [0.2, 0.25) is 0 Å². The second-order valence-corrected chi connectivity index (χ2v) is 8.20. The minimum atomic E-state index is -3.53. The highest BCUT2D eigenvalue weighted by Crippen LogP contribution is 2.29. The molecule has 0 amide bonds. The van der Waals surface area contributed by atoms with Crippen molar-refractivity contribution in [1.82, 2.24) is 4.90 Å². The lowest BCUT2D eigenvalue weighted by Gasteiger charge is -2.33. The molecule has 0 aromatic heterocycles. The van der Waals surface area contributed by atoms with Crippen LogP contribution < -0.4 is 13.7 Å². The highest BCUT2D eigenvalue weighted by molar-refractivity contribution is 7.86. The summed E-state index contributed by atoms with van der Waals surface area (Å²) in [7, 11) is -0.245. The standard InChI is InChI=1S/C20H25NO6S/c1-24-18-9-6-16(19(12-18)25-2)13-21-10-11-26-20(14-21)15-4-7-17(8-5-15)27-28(3,22)23/h4-9,12,20H,10-11,13-14H2,1-3H3. The molecule has 152 valence electrons. The molecule has 1 unspecified atom stereocenters. The number of morpholine rings is 1. The topological polar surface area (TPSA) is 74.3 Å². The molecule has 1 fully saturated rings. The van der Waals surface area contributed by atoms with Crippen molar-refractivity contribution >= 4 is 10.1 Å². The van der Waals surface area contributed by atoms with Gasteiger partial charge in [0.1, 0.15) is 17.2 Å². The summed E-state index contributed by atoms with van der Waals surface area (Å²) < 4.78 is 44.0. The third-order valence-corrected chi connectivity index (χ3v) is 5.03. The van der Waals surface area contributed by atoms with E-state index in [2.05, 4.69) is 4.90 Å². The maximum atomic E-state index is 11.2. The highest BCUT2D eigenvalue weighted by Gasteiger charge is 2.23. The minimum absolute atomic E-state index is 0.0923. The second kappa shape index (κ2) is 8.81. The number of hydrogen-bond acceptors (Lipinski definition) is 7. The maximum Gasteiger partial charge on any atom is 0.306 e. The molecule has 1 heterocycles. The van der Waals surface area contributed by atoms with E-state index in [1.54, 1.807) is 26.4 Å². The first-order valence-corrected chi connectivity index (χ1v) is 10.7. The van der Waals surface area contributed by atoms with Crippen molar-refractivity contribution < 1.29 is 26.8 Å². The zero-order valence-corrected chi connectivity index (χ0v) is 17.1. The first-order chi connectivity index (χ1) is 13.4. The average Bonchev–Trinajstić information content (AvgIpc) is 2.68. The molecule has 0 N–H and O–H groups in total. The lowest BCUT2D eigenvalue weighted by molar-refractivity contribution is -0.0331. The first-order valence-electron chi connectivity index (χ1n) is 8.92. The van der Waals surface area contributed by atoms with Crippen LogP contribution in [0.2, 0.25) is 0 Å². The highest BCUT2D eigenvalue weighted by atomic mass is 32.2. The van der Waals surface area contributed by atoms with Gasteiger partial charge in [-0.25, -0.2) is 0 Å². The van der Waals surface area contributed by atoms with Gasteiger partial charge in [0.15, 0.2) is 0 Å². The van der Waals surface area contributed by atoms with Gasteiger partial charge in [-0.05, 0) is 23.8 Å². The Morgan fingerprint density at radius 3 is 2.43 bits per heavy atom. The summed E-state index contributed by atoms with van der Waals surface area (Å²) in [6.45, 7) is 2.90. The van der Waals surface area contributed by atoms with E-state index in [0.717, 1.165) is 48.5 Å². The second-order valence-electron chi connectivity index (χ2n) is 6.63. The zero-order valence-electron chi connectivity index (χ0n) is 16.3. The Bertz CT molecular complexity index is 897. The average molecular weight is 407 g/mol. The third kappa shape index (κ3) is 5.37. The van der Waals surface area contributed by atoms with Gasteiger partial charge in [-0.1, -0.05) is 18.2 Å². The number of ether oxygens (including phenoxy) is 3. The van der Waals surface area contributed by atoms with Crippen LogP contribution in [0.3, 0.4) is 0 Å². The molecule has 2 aromatic rings. The summed E-state index contributed by atoms with van der Waals surface area (Å²) in [4.78, 5) is 2.30. The van der Waals surface area contributed by atoms with E-state index < -0.39 is 10.1 Å². The van der Waals surface area contributed by atoms with Crippen molar-refractivity contribution in [3.63, 3.8) is 0 Å². The fourth-order valence-corrected chi connectivity index (χ4v) is 3.64. The van der Waals surface area contributed by atoms with Gasteiger partial charge in [-0.2, -0.15) is 8.42 Å². The number of benzene rings is 2. The fraction of sp³-hybridized carbons (Fsp3) is 0.400. The molecule has 1 aliphatic heterocycles. The van der Waals surface area contributed by atoms with Crippen molar-refractivity contribution in [2.24, 2.45) is 0 Å². The Kier molecular flexibility index (Phi) is 6.43. The van der Waals surface area contributed by atoms with Crippen LogP contribution >= 0.6 is 0 Å². The Morgan fingerprint density at radius 2 is 1.79 bits per heavy atom. The summed E-state index contributed by atoms with van der Waals surface area (Å²) in [5.41, 5.74) is 2.06. The van der Waals surface area contributed by atoms with Gasteiger partial charge in [0.05, 0.1) is 33.2 Å². The molecule has 7 nitrogen and oxygen atoms in total. The first kappa shape index (κ1) is 20.4. The van der Waals surface area contributed by atoms with E-state index in [0.29, 0.717) is 12.4 Å². The van der Waals surface area contributed by atoms with Gasteiger partial charge in [0.25, 0.3) is 0 Å². The van der Waals surface area contributed by atoms with Crippen LogP contribution in [0.15, 0.2) is 42.5 Å². The molecule has 2 aromatic carbocycles. The molecule has 1 atom stereocenters. The molecule has 0 spiro atoms. The van der Waals surface area contributed by atoms with Crippen molar-refractivity contribution in [1.29, 1.82) is 0 Å². The van der Waals surface area contributed by atoms with Crippen LogP contribution in [-0.4, -0.2) is 53.5 Å². The van der Waals surface area contributed by atoms with E-state index in [1.807, 2.05) is 30.3 Å². The molecule has 8 heteroatoms. The van der Waals surface area contributed by atoms with E-state index in [-0.39, 0.29) is 6.10 Å². The molecule has 0 bridgehead atoms. The Morgan fingerprint density at radius 1 is 1.07 bits per heavy atom. The molecule has 0 radical (unpaired) electrons. The number of hydrogen-bond donors (Lipinski definition) is 0. The molecule has 3 rings (SSSR count). The zero-order chi connectivity index (χ0) is 20.1. The van der Waals surface area contributed by atoms with Crippen molar-refractivity contribution in [2.75, 3.05) is 40.2 Å². The van der Waals surface area contributed by atoms with E-state index >= 15 is 0 Å². The predicted molar refractivity (Wildman–Crippen MR) is 105 cm³/mol. The lowest BCUT2D eigenvalue weighted by atomic mass is 10.1. The van der Waals surface area contributed by atoms with Gasteiger partial charge >= 0.3 is 10.1 Å². The fourth-order valence-electron chi connectivity index (χ4n) is 3.18. The van der Waals surface area contributed by atoms with Crippen molar-refractivity contribution in [3.8, 4) is 17.2 Å². The Labute approximate surface area is 165 Å². The number of methoxy groups -OCH3 is 2. The number of nitrogens with zero attached hydrogens (tertiary/aromatic N) is 1. The molecular weight excluding hydrogens is 382 g/mol. The minimum Gasteiger partial charge on any atom is -0.497 e. The quantitative estimate of drug-likeness (QED) is 0.653. The number of rotatable bonds is 7. The van der Waals surface area contributed by atoms with E-state index in [9.17, 15) is 8.42 Å². The normalized spacial score (nSPS) is 17.9. The van der Waals surface area contributed by atoms with E-state index in [1.165, 1.54) is 0 Å². The van der Waals surface area contributed by atoms with Crippen LogP contribution in [0.1, 0.15) is 17.2 Å². The SMILES string of the molecule is COc1ccc(CN2CCOC(c3ccc(OS(C)(=O)=O)cc3)C2)c(OC)c1. The maximum absolute atomic E-state index is 11.2. The summed E-state index contributed by atoms with van der Waals surface area (Å²) in [6, 6.07) is 12.8. The van der Waals surface area contributed by atoms with Crippen LogP contribution in [0, 0.1) is 0 Å². The van der Waals surface area contributed by atoms with Gasteiger partial charge in [-0.3, -0.25) is 4.90 Å². The predicted octanol–water partition coefficient (Wildman–Crippen LogP) is 2.62. The lowest BCUT2D eigenvalue weighted by Crippen LogP contribution is -2.37. The van der Waals surface area contributed by atoms with Crippen LogP contribution in [0.25, 0.3) is 0 Å². The summed E-state index contributed by atoms with van der Waals surface area (Å²) >= 11 is 0. The summed E-state index contributed by atoms with van der Waals surface area (Å²) in [6.07, 6.45) is 0.932. The molecule has 0 aliphatic carbocycles. The molecular formula is C20H25NO6S. The summed E-state index contributed by atoms with van der Waals surface area (Å²) in [5, 5.41) is 0. The van der Waals surface area contributed by atoms with Crippen molar-refractivity contribution in [2.45, 2.75) is 12.6 Å². The van der Waals surface area contributed by atoms with Crippen molar-refractivity contribution in [3.05, 3.63) is 53.6 Å². The summed E-state index contributed by atoms with van der Waals surface area (Å²) in [5.74, 6) is 1.85. The Hall–Kier alpha value is -2.29. The monoisotopic (exact) mass is 407 g/mol. The molecule has 1 aliphatic rings. The van der Waals surface area contributed by atoms with Gasteiger partial charge in [0, 0.05) is 31.3 Å². The molecule has 28 heavy (non-hydrogen) atoms. The van der Waals surface area contributed by atoms with Gasteiger partial charge < -0.3 is 18.4 Å².